The van der Waals surface area contributed by atoms with Crippen LogP contribution in [0.25, 0.3) is 58.9 Å². The standard InChI is InChI=1S/C43H39N6O/c1-45-33(24-44)40-38(29-18-20-34(46(2)3)36-31(29)22-25-14-10-12-16-27(25)41(36)48(6)7)43(50)39(40)30-19-21-35(47(4)5)37-32(30)23-26-15-11-13-17-28(26)42(37)49(8)9/h10-23,38H,2-9H3/q-1. The highest BCUT2D eigenvalue weighted by molar-refractivity contribution is 6.38. The molecular weight excluding hydrogens is 617 g/mol. The summed E-state index contributed by atoms with van der Waals surface area (Å²) in [6.07, 6.45) is 0. The molecule has 6 aromatic rings. The molecule has 0 aromatic heterocycles. The molecule has 0 bridgehead atoms. The highest BCUT2D eigenvalue weighted by Crippen LogP contribution is 2.54. The average Bonchev–Trinajstić information content (AvgIpc) is 3.09. The van der Waals surface area contributed by atoms with Gasteiger partial charge in [-0.25, -0.2) is 4.85 Å². The van der Waals surface area contributed by atoms with Crippen LogP contribution in [0, 0.1) is 6.57 Å². The van der Waals surface area contributed by atoms with Gasteiger partial charge in [0.15, 0.2) is 5.78 Å². The van der Waals surface area contributed by atoms with E-state index in [1.165, 1.54) is 0 Å². The van der Waals surface area contributed by atoms with E-state index < -0.39 is 5.92 Å². The van der Waals surface area contributed by atoms with E-state index in [-0.39, 0.29) is 11.5 Å². The van der Waals surface area contributed by atoms with Crippen LogP contribution in [0.5, 0.6) is 0 Å². The van der Waals surface area contributed by atoms with E-state index >= 15 is 0 Å². The highest BCUT2D eigenvalue weighted by Gasteiger charge is 2.44. The first-order valence-electron chi connectivity index (χ1n) is 16.6. The number of carbonyl (C=O) groups excluding carboxylic acids is 1. The number of fused-ring (bicyclic) bond motifs is 4. The number of hydrogen-bond acceptors (Lipinski definition) is 5. The zero-order valence-corrected chi connectivity index (χ0v) is 29.8. The van der Waals surface area contributed by atoms with Gasteiger partial charge >= 0.3 is 0 Å². The summed E-state index contributed by atoms with van der Waals surface area (Å²) in [5.74, 6) is 1.31. The highest BCUT2D eigenvalue weighted by atomic mass is 16.1. The molecule has 1 unspecified atom stereocenters. The third-order valence-corrected chi connectivity index (χ3v) is 9.96. The minimum absolute atomic E-state index is 0.0542. The number of allylic oxidation sites excluding steroid dienone is 2. The molecule has 0 radical (unpaired) electrons. The molecule has 0 spiro atoms. The van der Waals surface area contributed by atoms with Crippen LogP contribution in [0.2, 0.25) is 0 Å². The quantitative estimate of drug-likeness (QED) is 0.0979. The fraction of sp³-hybridized carbons (Fsp3) is 0.209. The van der Waals surface area contributed by atoms with Crippen LogP contribution < -0.4 is 19.6 Å². The average molecular weight is 656 g/mol. The summed E-state index contributed by atoms with van der Waals surface area (Å²) in [6.45, 7) is 8.09. The summed E-state index contributed by atoms with van der Waals surface area (Å²) < 4.78 is 0. The SMILES string of the molecule is [C-]#[N+]C(=C=[N-])C1=C(c2ccc(N(C)C)c3c(N(C)C)c4ccccc4cc23)C(=O)C1c1ccc(N(C)C)c2c(N(C)C)c3ccccc3cc12. The van der Waals surface area contributed by atoms with Crippen molar-refractivity contribution in [2.45, 2.75) is 5.92 Å². The van der Waals surface area contributed by atoms with E-state index in [2.05, 4.69) is 72.8 Å². The fourth-order valence-electron chi connectivity index (χ4n) is 7.89. The van der Waals surface area contributed by atoms with Crippen LogP contribution in [-0.4, -0.2) is 68.0 Å². The molecule has 6 aromatic carbocycles. The summed E-state index contributed by atoms with van der Waals surface area (Å²) >= 11 is 0. The lowest BCUT2D eigenvalue weighted by Gasteiger charge is -2.35. The first-order valence-corrected chi connectivity index (χ1v) is 16.6. The molecule has 0 N–H and O–H groups in total. The van der Waals surface area contributed by atoms with Crippen molar-refractivity contribution in [3.05, 3.63) is 124 Å². The summed E-state index contributed by atoms with van der Waals surface area (Å²) in [7, 11) is 16.3. The molecule has 0 aliphatic heterocycles. The Labute approximate surface area is 293 Å². The number of rotatable bonds is 7. The van der Waals surface area contributed by atoms with Crippen LogP contribution in [0.3, 0.4) is 0 Å². The van der Waals surface area contributed by atoms with Gasteiger partial charge in [-0.05, 0) is 62.5 Å². The minimum Gasteiger partial charge on any atom is -0.775 e. The lowest BCUT2D eigenvalue weighted by atomic mass is 9.67. The van der Waals surface area contributed by atoms with Gasteiger partial charge in [0.05, 0.1) is 23.9 Å². The van der Waals surface area contributed by atoms with Crippen molar-refractivity contribution in [2.75, 3.05) is 76.0 Å². The van der Waals surface area contributed by atoms with Crippen LogP contribution >= 0.6 is 0 Å². The first-order chi connectivity index (χ1) is 24.0. The molecule has 1 atom stereocenters. The lowest BCUT2D eigenvalue weighted by molar-refractivity contribution is -0.115. The van der Waals surface area contributed by atoms with E-state index in [9.17, 15) is 10.2 Å². The molecule has 1 aliphatic carbocycles. The van der Waals surface area contributed by atoms with Crippen LogP contribution in [0.15, 0.2) is 96.2 Å². The van der Waals surface area contributed by atoms with Gasteiger partial charge in [0.25, 0.3) is 0 Å². The van der Waals surface area contributed by atoms with Gasteiger partial charge in [0.1, 0.15) is 0 Å². The summed E-state index contributed by atoms with van der Waals surface area (Å²) in [6, 6.07) is 29.0. The maximum Gasteiger partial charge on any atom is 0.210 e. The molecular formula is C43H39N6O-. The summed E-state index contributed by atoms with van der Waals surface area (Å²) in [5.41, 5.74) is 6.57. The van der Waals surface area contributed by atoms with Crippen LogP contribution in [0.4, 0.5) is 22.7 Å². The van der Waals surface area contributed by atoms with E-state index in [4.69, 9.17) is 6.57 Å². The van der Waals surface area contributed by atoms with Gasteiger partial charge in [0, 0.05) is 94.9 Å². The number of nitrogens with zero attached hydrogens (tertiary/aromatic N) is 6. The molecule has 1 aliphatic rings. The topological polar surface area (TPSA) is 56.7 Å². The van der Waals surface area contributed by atoms with E-state index in [0.29, 0.717) is 11.1 Å². The smallest absolute Gasteiger partial charge is 0.210 e. The van der Waals surface area contributed by atoms with Crippen LogP contribution in [-0.2, 0) is 4.79 Å². The Hall–Kier alpha value is -6.09. The second-order valence-electron chi connectivity index (χ2n) is 13.8. The number of carbonyl (C=O) groups is 1. The number of ketones is 1. The zero-order valence-electron chi connectivity index (χ0n) is 29.8. The molecule has 0 saturated heterocycles. The van der Waals surface area contributed by atoms with Gasteiger partial charge in [-0.3, -0.25) is 10.7 Å². The number of anilines is 4. The number of hydrogen-bond donors (Lipinski definition) is 0. The predicted molar refractivity (Wildman–Crippen MR) is 213 cm³/mol. The Morgan fingerprint density at radius 1 is 0.660 bits per heavy atom. The Morgan fingerprint density at radius 2 is 1.16 bits per heavy atom. The predicted octanol–water partition coefficient (Wildman–Crippen LogP) is 8.73. The summed E-state index contributed by atoms with van der Waals surface area (Å²) in [5, 5.41) is 18.6. The lowest BCUT2D eigenvalue weighted by Crippen LogP contribution is -2.30. The van der Waals surface area contributed by atoms with Gasteiger partial charge < -0.3 is 25.0 Å². The Morgan fingerprint density at radius 3 is 1.66 bits per heavy atom. The van der Waals surface area contributed by atoms with Gasteiger partial charge in [0.2, 0.25) is 5.70 Å². The van der Waals surface area contributed by atoms with Crippen molar-refractivity contribution < 1.29 is 4.79 Å². The molecule has 248 valence electrons. The normalized spacial score (nSPS) is 14.1. The van der Waals surface area contributed by atoms with E-state index in [1.807, 2.05) is 98.8 Å². The van der Waals surface area contributed by atoms with Crippen molar-refractivity contribution in [2.24, 2.45) is 0 Å². The van der Waals surface area contributed by atoms with Gasteiger partial charge in [-0.15, -0.1) is 0 Å². The third-order valence-electron chi connectivity index (χ3n) is 9.96. The Bertz CT molecular complexity index is 2540. The fourth-order valence-corrected chi connectivity index (χ4v) is 7.89. The molecule has 7 heteroatoms. The maximum absolute atomic E-state index is 14.9. The molecule has 7 nitrogen and oxygen atoms in total. The summed E-state index contributed by atoms with van der Waals surface area (Å²) in [4.78, 5) is 27.0. The van der Waals surface area contributed by atoms with Crippen molar-refractivity contribution in [3.63, 3.8) is 0 Å². The maximum atomic E-state index is 14.9. The Kier molecular flexibility index (Phi) is 7.86. The third kappa shape index (κ3) is 4.72. The van der Waals surface area contributed by atoms with Crippen molar-refractivity contribution >= 4 is 83.1 Å². The van der Waals surface area contributed by atoms with Crippen molar-refractivity contribution in [1.29, 1.82) is 0 Å². The number of benzene rings is 6. The van der Waals surface area contributed by atoms with Crippen molar-refractivity contribution in [1.82, 2.24) is 0 Å². The van der Waals surface area contributed by atoms with E-state index in [1.54, 1.807) is 0 Å². The zero-order chi connectivity index (χ0) is 35.6. The van der Waals surface area contributed by atoms with Crippen LogP contribution in [0.1, 0.15) is 17.0 Å². The molecule has 0 fully saturated rings. The van der Waals surface area contributed by atoms with Crippen molar-refractivity contribution in [3.8, 4) is 0 Å². The minimum atomic E-state index is -0.763. The first kappa shape index (κ1) is 32.5. The molecule has 0 saturated carbocycles. The second-order valence-corrected chi connectivity index (χ2v) is 13.8. The molecule has 50 heavy (non-hydrogen) atoms. The molecule has 0 amide bonds. The van der Waals surface area contributed by atoms with E-state index in [0.717, 1.165) is 77.0 Å². The molecule has 0 heterocycles. The number of Topliss-reactive ketones (excluding diaryl/α,β-unsaturated/α-hetero) is 1. The van der Waals surface area contributed by atoms with Gasteiger partial charge in [-0.1, -0.05) is 60.7 Å². The monoisotopic (exact) mass is 655 g/mol. The Balaban J connectivity index is 1.60. The molecule has 7 rings (SSSR count). The second kappa shape index (κ2) is 12.1. The largest absolute Gasteiger partial charge is 0.775 e. The van der Waals surface area contributed by atoms with Gasteiger partial charge in [-0.2, -0.15) is 0 Å².